The van der Waals surface area contributed by atoms with Crippen LogP contribution in [-0.4, -0.2) is 35.3 Å². The highest BCUT2D eigenvalue weighted by molar-refractivity contribution is 5.94. The smallest absolute Gasteiger partial charge is 0.251 e. The number of methoxy groups -OCH3 is 1. The van der Waals surface area contributed by atoms with Crippen LogP contribution in [0.4, 0.5) is 0 Å². The highest BCUT2D eigenvalue weighted by atomic mass is 16.5. The first-order valence-corrected chi connectivity index (χ1v) is 6.64. The molecule has 0 saturated heterocycles. The van der Waals surface area contributed by atoms with Gasteiger partial charge in [0.2, 0.25) is 5.88 Å². The van der Waals surface area contributed by atoms with E-state index in [9.17, 15) is 9.90 Å². The highest BCUT2D eigenvalue weighted by Crippen LogP contribution is 2.27. The first-order valence-electron chi connectivity index (χ1n) is 6.64. The third-order valence-corrected chi connectivity index (χ3v) is 3.57. The van der Waals surface area contributed by atoms with E-state index < -0.39 is 5.60 Å². The van der Waals surface area contributed by atoms with E-state index in [0.717, 1.165) is 32.1 Å². The molecular formula is C14H20N2O3. The molecule has 1 aliphatic carbocycles. The molecule has 0 bridgehead atoms. The fraction of sp³-hybridized carbons (Fsp3) is 0.571. The number of hydrogen-bond acceptors (Lipinski definition) is 4. The Hall–Kier alpha value is -1.62. The van der Waals surface area contributed by atoms with Gasteiger partial charge in [-0.15, -0.1) is 0 Å². The summed E-state index contributed by atoms with van der Waals surface area (Å²) in [5, 5.41) is 13.1. The van der Waals surface area contributed by atoms with E-state index in [1.807, 2.05) is 0 Å². The van der Waals surface area contributed by atoms with Crippen molar-refractivity contribution in [2.75, 3.05) is 13.7 Å². The summed E-state index contributed by atoms with van der Waals surface area (Å²) in [6, 6.07) is 3.21. The quantitative estimate of drug-likeness (QED) is 0.865. The van der Waals surface area contributed by atoms with Crippen LogP contribution in [0.2, 0.25) is 0 Å². The van der Waals surface area contributed by atoms with Crippen LogP contribution < -0.4 is 10.1 Å². The molecule has 0 aromatic carbocycles. The number of nitrogens with one attached hydrogen (secondary N) is 1. The van der Waals surface area contributed by atoms with Gasteiger partial charge >= 0.3 is 0 Å². The van der Waals surface area contributed by atoms with E-state index in [1.54, 1.807) is 12.1 Å². The van der Waals surface area contributed by atoms with Gasteiger partial charge in [0.05, 0.1) is 12.7 Å². The van der Waals surface area contributed by atoms with Gasteiger partial charge in [0.1, 0.15) is 0 Å². The van der Waals surface area contributed by atoms with Crippen molar-refractivity contribution >= 4 is 5.91 Å². The lowest BCUT2D eigenvalue weighted by molar-refractivity contribution is 0.00525. The standard InChI is InChI=1S/C14H20N2O3/c1-19-12-9-11(5-8-15-12)13(17)16-10-14(18)6-3-2-4-7-14/h5,8-9,18H,2-4,6-7,10H2,1H3,(H,16,17). The number of carbonyl (C=O) groups is 1. The molecule has 2 N–H and O–H groups in total. The fourth-order valence-electron chi connectivity index (χ4n) is 2.40. The van der Waals surface area contributed by atoms with Crippen molar-refractivity contribution < 1.29 is 14.6 Å². The Labute approximate surface area is 113 Å². The summed E-state index contributed by atoms with van der Waals surface area (Å²) in [7, 11) is 1.51. The molecule has 0 radical (unpaired) electrons. The van der Waals surface area contributed by atoms with Gasteiger partial charge in [0.25, 0.3) is 5.91 Å². The number of hydrogen-bond donors (Lipinski definition) is 2. The predicted octanol–water partition coefficient (Wildman–Crippen LogP) is 1.52. The van der Waals surface area contributed by atoms with Gasteiger partial charge in [-0.3, -0.25) is 4.79 Å². The molecule has 104 valence electrons. The van der Waals surface area contributed by atoms with Crippen LogP contribution in [-0.2, 0) is 0 Å². The zero-order valence-corrected chi connectivity index (χ0v) is 11.2. The van der Waals surface area contributed by atoms with Crippen LogP contribution in [0, 0.1) is 0 Å². The van der Waals surface area contributed by atoms with Crippen LogP contribution in [0.1, 0.15) is 42.5 Å². The Morgan fingerprint density at radius 1 is 1.47 bits per heavy atom. The number of carbonyl (C=O) groups excluding carboxylic acids is 1. The summed E-state index contributed by atoms with van der Waals surface area (Å²) in [5.74, 6) is 0.198. The van der Waals surface area contributed by atoms with Gasteiger partial charge in [-0.25, -0.2) is 4.98 Å². The van der Waals surface area contributed by atoms with Crippen LogP contribution in [0.15, 0.2) is 18.3 Å². The zero-order chi connectivity index (χ0) is 13.7. The summed E-state index contributed by atoms with van der Waals surface area (Å²) < 4.78 is 4.98. The number of ether oxygens (including phenoxy) is 1. The van der Waals surface area contributed by atoms with Crippen molar-refractivity contribution in [1.82, 2.24) is 10.3 Å². The number of rotatable bonds is 4. The second-order valence-corrected chi connectivity index (χ2v) is 5.05. The summed E-state index contributed by atoms with van der Waals surface area (Å²) in [5.41, 5.74) is -0.253. The monoisotopic (exact) mass is 264 g/mol. The highest BCUT2D eigenvalue weighted by Gasteiger charge is 2.29. The Bertz CT molecular complexity index is 442. The molecule has 1 amide bonds. The van der Waals surface area contributed by atoms with Gasteiger partial charge in [0, 0.05) is 24.4 Å². The molecule has 1 aliphatic rings. The van der Waals surface area contributed by atoms with Gasteiger partial charge < -0.3 is 15.2 Å². The maximum absolute atomic E-state index is 12.0. The lowest BCUT2D eigenvalue weighted by atomic mass is 9.85. The normalized spacial score (nSPS) is 17.8. The average molecular weight is 264 g/mol. The van der Waals surface area contributed by atoms with Crippen molar-refractivity contribution in [1.29, 1.82) is 0 Å². The molecule has 0 atom stereocenters. The van der Waals surface area contributed by atoms with E-state index in [1.165, 1.54) is 13.3 Å². The third kappa shape index (κ3) is 3.67. The van der Waals surface area contributed by atoms with Crippen LogP contribution in [0.5, 0.6) is 5.88 Å². The second-order valence-electron chi connectivity index (χ2n) is 5.05. The molecule has 0 unspecified atom stereocenters. The third-order valence-electron chi connectivity index (χ3n) is 3.57. The maximum Gasteiger partial charge on any atom is 0.251 e. The van der Waals surface area contributed by atoms with Crippen molar-refractivity contribution in [3.8, 4) is 5.88 Å². The first-order chi connectivity index (χ1) is 9.13. The summed E-state index contributed by atoms with van der Waals surface area (Å²) >= 11 is 0. The van der Waals surface area contributed by atoms with Crippen molar-refractivity contribution in [2.45, 2.75) is 37.7 Å². The van der Waals surface area contributed by atoms with E-state index in [-0.39, 0.29) is 5.91 Å². The fourth-order valence-corrected chi connectivity index (χ4v) is 2.40. The molecule has 1 aromatic heterocycles. The molecule has 2 rings (SSSR count). The minimum atomic E-state index is -0.745. The molecule has 0 aliphatic heterocycles. The minimum absolute atomic E-state index is 0.209. The molecule has 0 spiro atoms. The largest absolute Gasteiger partial charge is 0.481 e. The molecule has 1 saturated carbocycles. The average Bonchev–Trinajstić information content (AvgIpc) is 2.46. The molecule has 1 aromatic rings. The van der Waals surface area contributed by atoms with Crippen LogP contribution in [0.3, 0.4) is 0 Å². The van der Waals surface area contributed by atoms with E-state index in [0.29, 0.717) is 18.0 Å². The number of amides is 1. The van der Waals surface area contributed by atoms with Crippen LogP contribution in [0.25, 0.3) is 0 Å². The summed E-state index contributed by atoms with van der Waals surface area (Å²) in [4.78, 5) is 15.9. The Kier molecular flexibility index (Phi) is 4.37. The topological polar surface area (TPSA) is 71.5 Å². The van der Waals surface area contributed by atoms with Crippen molar-refractivity contribution in [3.63, 3.8) is 0 Å². The number of aromatic nitrogens is 1. The SMILES string of the molecule is COc1cc(C(=O)NCC2(O)CCCCC2)ccn1. The number of aliphatic hydroxyl groups is 1. The lowest BCUT2D eigenvalue weighted by Gasteiger charge is -2.32. The molecule has 5 heteroatoms. The van der Waals surface area contributed by atoms with E-state index in [2.05, 4.69) is 10.3 Å². The number of pyridine rings is 1. The summed E-state index contributed by atoms with van der Waals surface area (Å²) in [6.45, 7) is 0.302. The van der Waals surface area contributed by atoms with Crippen molar-refractivity contribution in [2.24, 2.45) is 0 Å². The molecule has 1 fully saturated rings. The molecule has 5 nitrogen and oxygen atoms in total. The molecule has 1 heterocycles. The van der Waals surface area contributed by atoms with Gasteiger partial charge in [-0.1, -0.05) is 19.3 Å². The van der Waals surface area contributed by atoms with Crippen LogP contribution >= 0.6 is 0 Å². The van der Waals surface area contributed by atoms with Gasteiger partial charge in [-0.2, -0.15) is 0 Å². The Balaban J connectivity index is 1.93. The van der Waals surface area contributed by atoms with Gasteiger partial charge in [-0.05, 0) is 18.9 Å². The minimum Gasteiger partial charge on any atom is -0.481 e. The Morgan fingerprint density at radius 3 is 2.89 bits per heavy atom. The molecule has 19 heavy (non-hydrogen) atoms. The first kappa shape index (κ1) is 13.8. The number of nitrogens with zero attached hydrogens (tertiary/aromatic N) is 1. The van der Waals surface area contributed by atoms with E-state index >= 15 is 0 Å². The second kappa shape index (κ2) is 6.02. The lowest BCUT2D eigenvalue weighted by Crippen LogP contribution is -2.44. The zero-order valence-electron chi connectivity index (χ0n) is 11.2. The predicted molar refractivity (Wildman–Crippen MR) is 71.2 cm³/mol. The maximum atomic E-state index is 12.0. The van der Waals surface area contributed by atoms with Crippen molar-refractivity contribution in [3.05, 3.63) is 23.9 Å². The van der Waals surface area contributed by atoms with Gasteiger partial charge in [0.15, 0.2) is 0 Å². The summed E-state index contributed by atoms with van der Waals surface area (Å²) in [6.07, 6.45) is 6.26. The molecular weight excluding hydrogens is 244 g/mol. The van der Waals surface area contributed by atoms with E-state index in [4.69, 9.17) is 4.74 Å². The Morgan fingerprint density at radius 2 is 2.21 bits per heavy atom.